The molecule has 1 heterocycles. The number of amides is 1. The van der Waals surface area contributed by atoms with Crippen molar-refractivity contribution in [2.75, 3.05) is 6.61 Å². The van der Waals surface area contributed by atoms with E-state index in [0.29, 0.717) is 18.7 Å². The summed E-state index contributed by atoms with van der Waals surface area (Å²) >= 11 is 0. The van der Waals surface area contributed by atoms with E-state index in [1.54, 1.807) is 6.07 Å². The second-order valence-electron chi connectivity index (χ2n) is 7.21. The average Bonchev–Trinajstić information content (AvgIpc) is 3.03. The molecule has 0 unspecified atom stereocenters. The van der Waals surface area contributed by atoms with Gasteiger partial charge in [-0.3, -0.25) is 4.79 Å². The highest BCUT2D eigenvalue weighted by molar-refractivity contribution is 6.17. The molecule has 0 spiro atoms. The minimum absolute atomic E-state index is 0.421. The van der Waals surface area contributed by atoms with E-state index in [4.69, 9.17) is 10.5 Å². The molecule has 4 nitrogen and oxygen atoms in total. The number of rotatable bonds is 7. The van der Waals surface area contributed by atoms with Crippen molar-refractivity contribution in [1.29, 1.82) is 0 Å². The number of fused-ring (bicyclic) bond motifs is 3. The highest BCUT2D eigenvalue weighted by atomic mass is 16.5. The molecular formula is C25H25N2O2. The first kappa shape index (κ1) is 19.1. The topological polar surface area (TPSA) is 57.2 Å². The monoisotopic (exact) mass is 385 g/mol. The number of benzene rings is 3. The van der Waals surface area contributed by atoms with Gasteiger partial charge in [-0.25, -0.2) is 0 Å². The van der Waals surface area contributed by atoms with Crippen LogP contribution in [0.2, 0.25) is 0 Å². The minimum Gasteiger partial charge on any atom is -0.494 e. The molecule has 0 aliphatic rings. The first-order chi connectivity index (χ1) is 14.1. The van der Waals surface area contributed by atoms with Gasteiger partial charge in [0.1, 0.15) is 5.75 Å². The fourth-order valence-electron chi connectivity index (χ4n) is 4.01. The number of ether oxygens (including phenoxy) is 1. The Bertz CT molecular complexity index is 1190. The summed E-state index contributed by atoms with van der Waals surface area (Å²) in [6.07, 6.45) is 2.06. The fourth-order valence-corrected chi connectivity index (χ4v) is 4.01. The molecule has 1 aromatic heterocycles. The van der Waals surface area contributed by atoms with Crippen molar-refractivity contribution in [3.63, 3.8) is 0 Å². The zero-order valence-electron chi connectivity index (χ0n) is 16.9. The smallest absolute Gasteiger partial charge is 0.249 e. The molecule has 2 N–H and O–H groups in total. The third-order valence-electron chi connectivity index (χ3n) is 5.26. The van der Waals surface area contributed by atoms with Crippen molar-refractivity contribution < 1.29 is 9.53 Å². The fraction of sp³-hybridized carbons (Fsp3) is 0.240. The summed E-state index contributed by atoms with van der Waals surface area (Å²) < 4.78 is 8.08. The van der Waals surface area contributed by atoms with E-state index in [2.05, 4.69) is 29.7 Å². The number of aromatic nitrogens is 1. The van der Waals surface area contributed by atoms with Gasteiger partial charge in [-0.05, 0) is 49.2 Å². The quantitative estimate of drug-likeness (QED) is 0.481. The van der Waals surface area contributed by atoms with Gasteiger partial charge in [-0.2, -0.15) is 0 Å². The Morgan fingerprint density at radius 3 is 2.69 bits per heavy atom. The number of aryl methyl sites for hydroxylation is 1. The third-order valence-corrected chi connectivity index (χ3v) is 5.26. The summed E-state index contributed by atoms with van der Waals surface area (Å²) in [7, 11) is 0. The largest absolute Gasteiger partial charge is 0.494 e. The predicted molar refractivity (Wildman–Crippen MR) is 118 cm³/mol. The Labute approximate surface area is 170 Å². The lowest BCUT2D eigenvalue weighted by Crippen LogP contribution is -2.11. The molecule has 0 atom stereocenters. The van der Waals surface area contributed by atoms with Crippen LogP contribution in [0.15, 0.2) is 54.6 Å². The van der Waals surface area contributed by atoms with Crippen molar-refractivity contribution in [1.82, 2.24) is 4.57 Å². The number of nitrogens with two attached hydrogens (primary N) is 1. The van der Waals surface area contributed by atoms with Crippen LogP contribution in [0.4, 0.5) is 0 Å². The minimum atomic E-state index is -0.421. The third kappa shape index (κ3) is 3.46. The molecule has 0 saturated carbocycles. The van der Waals surface area contributed by atoms with Crippen LogP contribution in [0, 0.1) is 6.07 Å². The van der Waals surface area contributed by atoms with Gasteiger partial charge in [0.25, 0.3) is 0 Å². The Hall–Kier alpha value is -3.27. The molecule has 0 aliphatic carbocycles. The maximum Gasteiger partial charge on any atom is 0.249 e. The molecule has 1 radical (unpaired) electrons. The van der Waals surface area contributed by atoms with Gasteiger partial charge in [0, 0.05) is 21.9 Å². The van der Waals surface area contributed by atoms with Crippen LogP contribution in [0.3, 0.4) is 0 Å². The molecule has 3 aromatic carbocycles. The standard InChI is InChI=1S/C25H25N2O2/c1-3-8-17-13-14-19-22(15-17)27(16-18-9-5-6-12-23(18)29-4-2)21-11-7-10-20(24(19)21)25(26)28/h5-7,9-13,15H,3-4,8,16H2,1-2H3,(H2,26,28). The molecule has 0 bridgehead atoms. The molecule has 1 amide bonds. The van der Waals surface area contributed by atoms with Gasteiger partial charge in [-0.15, -0.1) is 0 Å². The predicted octanol–water partition coefficient (Wildman–Crippen LogP) is 5.09. The molecule has 147 valence electrons. The van der Waals surface area contributed by atoms with Crippen LogP contribution in [0.25, 0.3) is 21.8 Å². The van der Waals surface area contributed by atoms with Crippen molar-refractivity contribution >= 4 is 27.7 Å². The molecule has 0 fully saturated rings. The van der Waals surface area contributed by atoms with Crippen LogP contribution in [-0.4, -0.2) is 17.1 Å². The second-order valence-corrected chi connectivity index (χ2v) is 7.21. The summed E-state index contributed by atoms with van der Waals surface area (Å²) in [6.45, 7) is 5.41. The molecule has 29 heavy (non-hydrogen) atoms. The van der Waals surface area contributed by atoms with Crippen molar-refractivity contribution in [2.45, 2.75) is 33.2 Å². The highest BCUT2D eigenvalue weighted by Crippen LogP contribution is 2.34. The van der Waals surface area contributed by atoms with Crippen LogP contribution in [0.5, 0.6) is 5.75 Å². The summed E-state index contributed by atoms with van der Waals surface area (Å²) in [5, 5.41) is 1.80. The summed E-state index contributed by atoms with van der Waals surface area (Å²) in [5.74, 6) is 0.458. The number of nitrogens with zero attached hydrogens (tertiary/aromatic N) is 1. The van der Waals surface area contributed by atoms with Gasteiger partial charge in [0.2, 0.25) is 5.91 Å². The lowest BCUT2D eigenvalue weighted by atomic mass is 10.0. The highest BCUT2D eigenvalue weighted by Gasteiger charge is 2.18. The maximum atomic E-state index is 12.1. The lowest BCUT2D eigenvalue weighted by Gasteiger charge is -2.13. The normalized spacial score (nSPS) is 11.2. The van der Waals surface area contributed by atoms with E-state index in [0.717, 1.165) is 46.0 Å². The van der Waals surface area contributed by atoms with Gasteiger partial charge < -0.3 is 15.0 Å². The summed E-state index contributed by atoms with van der Waals surface area (Å²) in [4.78, 5) is 12.1. The SMILES string of the molecule is CCCc1c[c]c2c3c(C(N)=O)cccc3n(Cc3ccccc3OCC)c2c1. The zero-order valence-corrected chi connectivity index (χ0v) is 16.9. The summed E-state index contributed by atoms with van der Waals surface area (Å²) in [6, 6.07) is 21.5. The van der Waals surface area contributed by atoms with Crippen LogP contribution < -0.4 is 10.5 Å². The van der Waals surface area contributed by atoms with E-state index in [1.807, 2.05) is 43.3 Å². The molecule has 4 rings (SSSR count). The molecular weight excluding hydrogens is 360 g/mol. The maximum absolute atomic E-state index is 12.1. The molecule has 0 aliphatic heterocycles. The molecule has 4 heteroatoms. The van der Waals surface area contributed by atoms with Crippen LogP contribution in [-0.2, 0) is 13.0 Å². The van der Waals surface area contributed by atoms with E-state index in [9.17, 15) is 4.79 Å². The average molecular weight is 385 g/mol. The van der Waals surface area contributed by atoms with E-state index in [-0.39, 0.29) is 0 Å². The van der Waals surface area contributed by atoms with Gasteiger partial charge in [-0.1, -0.05) is 43.7 Å². The van der Waals surface area contributed by atoms with Crippen molar-refractivity contribution in [2.24, 2.45) is 5.73 Å². The Morgan fingerprint density at radius 1 is 1.10 bits per heavy atom. The van der Waals surface area contributed by atoms with Gasteiger partial charge >= 0.3 is 0 Å². The summed E-state index contributed by atoms with van der Waals surface area (Å²) in [5.41, 5.74) is 10.6. The number of para-hydroxylation sites is 1. The first-order valence-corrected chi connectivity index (χ1v) is 10.1. The first-order valence-electron chi connectivity index (χ1n) is 10.1. The molecule has 4 aromatic rings. The lowest BCUT2D eigenvalue weighted by molar-refractivity contribution is 0.100. The number of hydrogen-bond donors (Lipinski definition) is 1. The zero-order chi connectivity index (χ0) is 20.4. The van der Waals surface area contributed by atoms with Crippen LogP contribution >= 0.6 is 0 Å². The van der Waals surface area contributed by atoms with Gasteiger partial charge in [0.05, 0.1) is 24.2 Å². The Kier molecular flexibility index (Phi) is 5.26. The number of carbonyl (C=O) groups is 1. The Balaban J connectivity index is 1.99. The number of hydrogen-bond acceptors (Lipinski definition) is 2. The van der Waals surface area contributed by atoms with Crippen LogP contribution in [0.1, 0.15) is 41.8 Å². The van der Waals surface area contributed by atoms with Gasteiger partial charge in [0.15, 0.2) is 0 Å². The van der Waals surface area contributed by atoms with Crippen molar-refractivity contribution in [3.8, 4) is 5.75 Å². The van der Waals surface area contributed by atoms with E-state index < -0.39 is 5.91 Å². The number of carbonyl (C=O) groups excluding carboxylic acids is 1. The number of primary amides is 1. The van der Waals surface area contributed by atoms with Crippen molar-refractivity contribution in [3.05, 3.63) is 77.4 Å². The van der Waals surface area contributed by atoms with E-state index in [1.165, 1.54) is 5.56 Å². The second kappa shape index (κ2) is 8.00. The van der Waals surface area contributed by atoms with E-state index >= 15 is 0 Å². The molecule has 0 saturated heterocycles. The Morgan fingerprint density at radius 2 is 1.93 bits per heavy atom.